The van der Waals surface area contributed by atoms with Gasteiger partial charge in [-0.05, 0) is 50.1 Å². The van der Waals surface area contributed by atoms with E-state index in [0.29, 0.717) is 16.9 Å². The van der Waals surface area contributed by atoms with Crippen molar-refractivity contribution in [1.82, 2.24) is 20.0 Å². The third kappa shape index (κ3) is 4.40. The topological polar surface area (TPSA) is 67.2 Å². The largest absolute Gasteiger partial charge is 0.352 e. The van der Waals surface area contributed by atoms with Gasteiger partial charge in [0.25, 0.3) is 5.91 Å². The zero-order valence-electron chi connectivity index (χ0n) is 16.9. The third-order valence-electron chi connectivity index (χ3n) is 5.00. The van der Waals surface area contributed by atoms with Crippen molar-refractivity contribution in [2.24, 2.45) is 0 Å². The first kappa shape index (κ1) is 19.8. The molecule has 2 amide bonds. The molecule has 1 heterocycles. The van der Waals surface area contributed by atoms with Gasteiger partial charge in [-0.2, -0.15) is 5.10 Å². The van der Waals surface area contributed by atoms with Crippen LogP contribution in [0.5, 0.6) is 0 Å². The molecule has 1 saturated carbocycles. The van der Waals surface area contributed by atoms with Gasteiger partial charge >= 0.3 is 0 Å². The van der Waals surface area contributed by atoms with Gasteiger partial charge < -0.3 is 10.2 Å². The molecule has 0 unspecified atom stereocenters. The van der Waals surface area contributed by atoms with Crippen LogP contribution in [0.4, 0.5) is 4.39 Å². The Morgan fingerprint density at radius 1 is 1.20 bits per heavy atom. The zero-order chi connectivity index (χ0) is 21.3. The molecule has 154 valence electrons. The lowest BCUT2D eigenvalue weighted by atomic mass is 10.1. The predicted octanol–water partition coefficient (Wildman–Crippen LogP) is 3.34. The fourth-order valence-corrected chi connectivity index (χ4v) is 3.26. The van der Waals surface area contributed by atoms with Crippen LogP contribution in [-0.4, -0.2) is 46.1 Å². The molecule has 3 aromatic rings. The fourth-order valence-electron chi connectivity index (χ4n) is 3.26. The highest BCUT2D eigenvalue weighted by Crippen LogP contribution is 2.26. The van der Waals surface area contributed by atoms with Crippen LogP contribution in [0.25, 0.3) is 16.9 Å². The number of aromatic nitrogens is 2. The molecule has 0 spiro atoms. The lowest BCUT2D eigenvalue weighted by Gasteiger charge is -2.16. The van der Waals surface area contributed by atoms with E-state index < -0.39 is 0 Å². The summed E-state index contributed by atoms with van der Waals surface area (Å²) in [5.74, 6) is -0.815. The van der Waals surface area contributed by atoms with Crippen molar-refractivity contribution < 1.29 is 14.0 Å². The van der Waals surface area contributed by atoms with Crippen LogP contribution >= 0.6 is 0 Å². The summed E-state index contributed by atoms with van der Waals surface area (Å²) in [7, 11) is 1.60. The smallest absolute Gasteiger partial charge is 0.257 e. The minimum Gasteiger partial charge on any atom is -0.352 e. The lowest BCUT2D eigenvalue weighted by Crippen LogP contribution is -2.39. The summed E-state index contributed by atoms with van der Waals surface area (Å²) < 4.78 is 14.9. The first-order valence-corrected chi connectivity index (χ1v) is 9.88. The van der Waals surface area contributed by atoms with Crippen LogP contribution in [0.2, 0.25) is 0 Å². The number of nitrogens with zero attached hydrogens (tertiary/aromatic N) is 3. The summed E-state index contributed by atoms with van der Waals surface area (Å²) in [6.07, 6.45) is 3.61. The molecule has 0 atom stereocenters. The van der Waals surface area contributed by atoms with Crippen molar-refractivity contribution in [3.8, 4) is 16.9 Å². The Labute approximate surface area is 174 Å². The molecule has 1 fully saturated rings. The summed E-state index contributed by atoms with van der Waals surface area (Å²) in [5.41, 5.74) is 3.38. The van der Waals surface area contributed by atoms with Gasteiger partial charge in [0.2, 0.25) is 5.91 Å². The van der Waals surface area contributed by atoms with Crippen LogP contribution in [0.3, 0.4) is 0 Å². The van der Waals surface area contributed by atoms with E-state index in [1.807, 2.05) is 31.2 Å². The van der Waals surface area contributed by atoms with Crippen molar-refractivity contribution in [3.05, 3.63) is 71.7 Å². The molecule has 4 rings (SSSR count). The molecule has 7 heteroatoms. The molecule has 1 N–H and O–H groups in total. The minimum absolute atomic E-state index is 0.0235. The van der Waals surface area contributed by atoms with E-state index in [-0.39, 0.29) is 30.2 Å². The van der Waals surface area contributed by atoms with Crippen molar-refractivity contribution in [2.45, 2.75) is 25.8 Å². The van der Waals surface area contributed by atoms with Crippen LogP contribution in [0, 0.1) is 12.7 Å². The summed E-state index contributed by atoms with van der Waals surface area (Å²) in [6.45, 7) is 1.95. The van der Waals surface area contributed by atoms with Gasteiger partial charge in [0, 0.05) is 24.8 Å². The number of rotatable bonds is 6. The number of likely N-dealkylation sites (N-methyl/N-ethyl adjacent to an activating group) is 1. The Bertz CT molecular complexity index is 1090. The molecule has 1 aliphatic rings. The van der Waals surface area contributed by atoms with Crippen LogP contribution in [0.15, 0.2) is 54.7 Å². The molecule has 2 aromatic carbocycles. The lowest BCUT2D eigenvalue weighted by molar-refractivity contribution is -0.121. The molecule has 1 aliphatic carbocycles. The predicted molar refractivity (Wildman–Crippen MR) is 112 cm³/mol. The quantitative estimate of drug-likeness (QED) is 0.683. The first-order chi connectivity index (χ1) is 14.4. The van der Waals surface area contributed by atoms with Gasteiger partial charge in [-0.3, -0.25) is 9.59 Å². The van der Waals surface area contributed by atoms with Crippen LogP contribution in [0.1, 0.15) is 28.8 Å². The van der Waals surface area contributed by atoms with Gasteiger partial charge in [0.1, 0.15) is 11.5 Å². The number of hydrogen-bond acceptors (Lipinski definition) is 3. The average Bonchev–Trinajstić information content (AvgIpc) is 3.41. The van der Waals surface area contributed by atoms with E-state index in [1.54, 1.807) is 30.1 Å². The second kappa shape index (κ2) is 8.10. The Morgan fingerprint density at radius 2 is 1.93 bits per heavy atom. The number of aryl methyl sites for hydroxylation is 1. The third-order valence-corrected chi connectivity index (χ3v) is 5.00. The van der Waals surface area contributed by atoms with E-state index in [4.69, 9.17) is 0 Å². The number of carbonyl (C=O) groups excluding carboxylic acids is 2. The fraction of sp³-hybridized carbons (Fsp3) is 0.261. The normalized spacial score (nSPS) is 13.2. The first-order valence-electron chi connectivity index (χ1n) is 9.88. The summed E-state index contributed by atoms with van der Waals surface area (Å²) >= 11 is 0. The molecule has 0 saturated heterocycles. The Hall–Kier alpha value is -3.48. The number of hydrogen-bond donors (Lipinski definition) is 1. The number of nitrogens with one attached hydrogen (secondary N) is 1. The van der Waals surface area contributed by atoms with E-state index in [0.717, 1.165) is 24.0 Å². The highest BCUT2D eigenvalue weighted by atomic mass is 19.1. The zero-order valence-corrected chi connectivity index (χ0v) is 16.9. The number of halogens is 1. The van der Waals surface area contributed by atoms with E-state index >= 15 is 0 Å². The van der Waals surface area contributed by atoms with E-state index in [9.17, 15) is 14.0 Å². The molecule has 30 heavy (non-hydrogen) atoms. The van der Waals surface area contributed by atoms with Crippen LogP contribution < -0.4 is 5.32 Å². The van der Waals surface area contributed by atoms with Crippen molar-refractivity contribution in [1.29, 1.82) is 0 Å². The highest BCUT2D eigenvalue weighted by Gasteiger charge is 2.26. The summed E-state index contributed by atoms with van der Waals surface area (Å²) in [6, 6.07) is 13.9. The molecule has 0 bridgehead atoms. The standard InChI is InChI=1S/C23H23FN4O2/c1-15-4-3-5-16(12-15)22-20(13-28(26-22)19-10-6-17(24)7-11-19)23(30)27(2)14-21(29)25-18-8-9-18/h3-7,10-13,18H,8-9,14H2,1-2H3,(H,25,29). The number of amides is 2. The van der Waals surface area contributed by atoms with Gasteiger partial charge in [-0.1, -0.05) is 23.8 Å². The number of benzene rings is 2. The minimum atomic E-state index is -0.345. The van der Waals surface area contributed by atoms with E-state index in [2.05, 4.69) is 10.4 Å². The Kier molecular flexibility index (Phi) is 5.35. The Morgan fingerprint density at radius 3 is 2.60 bits per heavy atom. The molecule has 0 radical (unpaired) electrons. The molecule has 0 aliphatic heterocycles. The van der Waals surface area contributed by atoms with Gasteiger partial charge in [0.15, 0.2) is 0 Å². The maximum Gasteiger partial charge on any atom is 0.257 e. The molecule has 6 nitrogen and oxygen atoms in total. The molecular formula is C23H23FN4O2. The van der Waals surface area contributed by atoms with Crippen molar-refractivity contribution in [2.75, 3.05) is 13.6 Å². The SMILES string of the molecule is Cc1cccc(-c2nn(-c3ccc(F)cc3)cc2C(=O)N(C)CC(=O)NC2CC2)c1. The number of carbonyl (C=O) groups is 2. The maximum atomic E-state index is 13.3. The monoisotopic (exact) mass is 406 g/mol. The van der Waals surface area contributed by atoms with Gasteiger partial charge in [0.05, 0.1) is 17.8 Å². The summed E-state index contributed by atoms with van der Waals surface area (Å²) in [5, 5.41) is 7.50. The van der Waals surface area contributed by atoms with Crippen molar-refractivity contribution in [3.63, 3.8) is 0 Å². The van der Waals surface area contributed by atoms with Gasteiger partial charge in [-0.15, -0.1) is 0 Å². The molecule has 1 aromatic heterocycles. The maximum absolute atomic E-state index is 13.3. The van der Waals surface area contributed by atoms with Crippen LogP contribution in [-0.2, 0) is 4.79 Å². The second-order valence-electron chi connectivity index (χ2n) is 7.68. The molecular weight excluding hydrogens is 383 g/mol. The summed E-state index contributed by atoms with van der Waals surface area (Å²) in [4.78, 5) is 26.7. The van der Waals surface area contributed by atoms with Crippen molar-refractivity contribution >= 4 is 11.8 Å². The average molecular weight is 406 g/mol. The van der Waals surface area contributed by atoms with Gasteiger partial charge in [-0.25, -0.2) is 9.07 Å². The van der Waals surface area contributed by atoms with E-state index in [1.165, 1.54) is 17.0 Å². The Balaban J connectivity index is 1.68. The second-order valence-corrected chi connectivity index (χ2v) is 7.68. The highest BCUT2D eigenvalue weighted by molar-refractivity contribution is 6.01.